The van der Waals surface area contributed by atoms with Gasteiger partial charge in [0.2, 0.25) is 0 Å². The third-order valence-corrected chi connectivity index (χ3v) is 5.40. The van der Waals surface area contributed by atoms with Crippen molar-refractivity contribution in [2.75, 3.05) is 0 Å². The summed E-state index contributed by atoms with van der Waals surface area (Å²) in [7, 11) is 0. The Morgan fingerprint density at radius 2 is 1.75 bits per heavy atom. The molecule has 2 aliphatic carbocycles. The molecule has 94 valence electrons. The Hall–Kier alpha value is -0.0800. The van der Waals surface area contributed by atoms with Gasteiger partial charge in [0.25, 0.3) is 0 Å². The van der Waals surface area contributed by atoms with E-state index in [1.807, 2.05) is 0 Å². The zero-order chi connectivity index (χ0) is 12.4. The van der Waals surface area contributed by atoms with E-state index in [2.05, 4.69) is 46.9 Å². The number of aliphatic hydroxyl groups excluding tert-OH is 1. The molecule has 2 bridgehead atoms. The molecule has 4 atom stereocenters. The van der Waals surface area contributed by atoms with Crippen molar-refractivity contribution >= 4 is 0 Å². The fraction of sp³-hybridized carbons (Fsp3) is 1.00. The number of hydrogen-bond acceptors (Lipinski definition) is 2. The van der Waals surface area contributed by atoms with Crippen LogP contribution in [-0.4, -0.2) is 22.8 Å². The van der Waals surface area contributed by atoms with Crippen molar-refractivity contribution in [3.8, 4) is 0 Å². The first kappa shape index (κ1) is 12.4. The summed E-state index contributed by atoms with van der Waals surface area (Å²) in [5.41, 5.74) is 0.443. The zero-order valence-electron chi connectivity index (χ0n) is 11.6. The van der Waals surface area contributed by atoms with Crippen molar-refractivity contribution in [2.24, 2.45) is 16.7 Å². The van der Waals surface area contributed by atoms with Crippen molar-refractivity contribution in [3.63, 3.8) is 0 Å². The topological polar surface area (TPSA) is 32.3 Å². The Kier molecular flexibility index (Phi) is 2.50. The highest BCUT2D eigenvalue weighted by Gasteiger charge is 2.66. The van der Waals surface area contributed by atoms with Gasteiger partial charge in [-0.05, 0) is 44.9 Å². The minimum Gasteiger partial charge on any atom is -0.391 e. The van der Waals surface area contributed by atoms with Gasteiger partial charge in [-0.1, -0.05) is 20.8 Å². The van der Waals surface area contributed by atoms with Gasteiger partial charge in [-0.3, -0.25) is 0 Å². The molecule has 16 heavy (non-hydrogen) atoms. The highest BCUT2D eigenvalue weighted by Crippen LogP contribution is 2.65. The standard InChI is InChI=1S/C14H27NO/c1-12(2,3)15-10-9-7-8-14(6,11(10)16)13(9,4)5/h9-11,15-16H,7-8H2,1-6H3/t9-,10-,11-,14+/m1/s1. The van der Waals surface area contributed by atoms with Crippen LogP contribution in [0.4, 0.5) is 0 Å². The second-order valence-corrected chi connectivity index (χ2v) is 7.65. The number of hydrogen-bond donors (Lipinski definition) is 2. The molecular weight excluding hydrogens is 198 g/mol. The highest BCUT2D eigenvalue weighted by molar-refractivity contribution is 5.17. The third-order valence-electron chi connectivity index (χ3n) is 5.40. The van der Waals surface area contributed by atoms with E-state index in [-0.39, 0.29) is 28.5 Å². The number of rotatable bonds is 1. The second kappa shape index (κ2) is 3.23. The molecule has 2 heteroatoms. The van der Waals surface area contributed by atoms with Gasteiger partial charge in [0.1, 0.15) is 0 Å². The summed E-state index contributed by atoms with van der Waals surface area (Å²) in [6.07, 6.45) is 2.24. The average molecular weight is 225 g/mol. The summed E-state index contributed by atoms with van der Waals surface area (Å²) in [6.45, 7) is 13.5. The van der Waals surface area contributed by atoms with Crippen LogP contribution in [0.15, 0.2) is 0 Å². The summed E-state index contributed by atoms with van der Waals surface area (Å²) in [4.78, 5) is 0. The van der Waals surface area contributed by atoms with Crippen molar-refractivity contribution in [1.29, 1.82) is 0 Å². The predicted molar refractivity (Wildman–Crippen MR) is 67.3 cm³/mol. The van der Waals surface area contributed by atoms with E-state index < -0.39 is 0 Å². The van der Waals surface area contributed by atoms with Crippen LogP contribution in [0.25, 0.3) is 0 Å². The maximum absolute atomic E-state index is 10.6. The molecule has 0 radical (unpaired) electrons. The predicted octanol–water partition coefficient (Wildman–Crippen LogP) is 2.56. The van der Waals surface area contributed by atoms with Crippen LogP contribution in [-0.2, 0) is 0 Å². The smallest absolute Gasteiger partial charge is 0.0754 e. The van der Waals surface area contributed by atoms with Crippen LogP contribution < -0.4 is 5.32 Å². The molecule has 2 rings (SSSR count). The third kappa shape index (κ3) is 1.46. The van der Waals surface area contributed by atoms with Gasteiger partial charge < -0.3 is 10.4 Å². The summed E-state index contributed by atoms with van der Waals surface area (Å²) in [6, 6.07) is 0.272. The molecule has 0 saturated heterocycles. The first-order valence-corrected chi connectivity index (χ1v) is 6.55. The van der Waals surface area contributed by atoms with Crippen LogP contribution in [0.3, 0.4) is 0 Å². The molecule has 2 fully saturated rings. The normalized spacial score (nSPS) is 46.3. The second-order valence-electron chi connectivity index (χ2n) is 7.65. The molecule has 2 nitrogen and oxygen atoms in total. The molecule has 2 aliphatic rings. The number of nitrogens with one attached hydrogen (secondary N) is 1. The number of fused-ring (bicyclic) bond motifs is 2. The van der Waals surface area contributed by atoms with E-state index in [0.29, 0.717) is 5.92 Å². The summed E-state index contributed by atoms with van der Waals surface area (Å²) < 4.78 is 0. The van der Waals surface area contributed by atoms with Gasteiger partial charge in [-0.15, -0.1) is 0 Å². The Bertz CT molecular complexity index is 292. The molecule has 2 saturated carbocycles. The van der Waals surface area contributed by atoms with Crippen LogP contribution in [0.2, 0.25) is 0 Å². The van der Waals surface area contributed by atoms with Gasteiger partial charge in [-0.2, -0.15) is 0 Å². The molecule has 0 aromatic rings. The van der Waals surface area contributed by atoms with Crippen LogP contribution >= 0.6 is 0 Å². The Morgan fingerprint density at radius 3 is 2.12 bits per heavy atom. The van der Waals surface area contributed by atoms with E-state index in [1.54, 1.807) is 0 Å². The summed E-state index contributed by atoms with van der Waals surface area (Å²) >= 11 is 0. The average Bonchev–Trinajstić information content (AvgIpc) is 2.38. The van der Waals surface area contributed by atoms with Gasteiger partial charge in [0, 0.05) is 17.0 Å². The van der Waals surface area contributed by atoms with Crippen LogP contribution in [0.5, 0.6) is 0 Å². The quantitative estimate of drug-likeness (QED) is 0.719. The minimum absolute atomic E-state index is 0.0859. The summed E-state index contributed by atoms with van der Waals surface area (Å²) in [5, 5.41) is 14.2. The Balaban J connectivity index is 2.26. The molecule has 0 aliphatic heterocycles. The largest absolute Gasteiger partial charge is 0.391 e. The molecule has 0 aromatic carbocycles. The molecular formula is C14H27NO. The highest BCUT2D eigenvalue weighted by atomic mass is 16.3. The lowest BCUT2D eigenvalue weighted by Gasteiger charge is -2.38. The van der Waals surface area contributed by atoms with Crippen molar-refractivity contribution in [2.45, 2.75) is 72.1 Å². The fourth-order valence-electron chi connectivity index (χ4n) is 4.02. The lowest BCUT2D eigenvalue weighted by atomic mass is 9.70. The number of aliphatic hydroxyl groups is 1. The Labute approximate surface area is 99.8 Å². The van der Waals surface area contributed by atoms with Crippen molar-refractivity contribution < 1.29 is 5.11 Å². The van der Waals surface area contributed by atoms with Gasteiger partial charge in [0.05, 0.1) is 6.10 Å². The monoisotopic (exact) mass is 225 g/mol. The molecule has 0 spiro atoms. The summed E-state index contributed by atoms with van der Waals surface area (Å²) in [5.74, 6) is 0.617. The van der Waals surface area contributed by atoms with E-state index in [1.165, 1.54) is 12.8 Å². The van der Waals surface area contributed by atoms with E-state index in [9.17, 15) is 5.11 Å². The lowest BCUT2D eigenvalue weighted by Crippen LogP contribution is -2.53. The molecule has 2 N–H and O–H groups in total. The van der Waals surface area contributed by atoms with Crippen molar-refractivity contribution in [3.05, 3.63) is 0 Å². The van der Waals surface area contributed by atoms with E-state index in [0.717, 1.165) is 0 Å². The Morgan fingerprint density at radius 1 is 1.19 bits per heavy atom. The van der Waals surface area contributed by atoms with Gasteiger partial charge >= 0.3 is 0 Å². The van der Waals surface area contributed by atoms with Crippen LogP contribution in [0, 0.1) is 16.7 Å². The molecule has 0 amide bonds. The first-order valence-electron chi connectivity index (χ1n) is 6.55. The van der Waals surface area contributed by atoms with E-state index >= 15 is 0 Å². The van der Waals surface area contributed by atoms with Gasteiger partial charge in [-0.25, -0.2) is 0 Å². The SMILES string of the molecule is CC(C)(C)N[C@@H]1[C@H]2CC[C@@](C)([C@@H]1O)C2(C)C. The fourth-order valence-corrected chi connectivity index (χ4v) is 4.02. The zero-order valence-corrected chi connectivity index (χ0v) is 11.6. The van der Waals surface area contributed by atoms with Crippen molar-refractivity contribution in [1.82, 2.24) is 5.32 Å². The maximum atomic E-state index is 10.6. The van der Waals surface area contributed by atoms with Gasteiger partial charge in [0.15, 0.2) is 0 Å². The molecule has 0 unspecified atom stereocenters. The molecule has 0 heterocycles. The maximum Gasteiger partial charge on any atom is 0.0754 e. The minimum atomic E-state index is -0.194. The lowest BCUT2D eigenvalue weighted by molar-refractivity contribution is -0.00385. The van der Waals surface area contributed by atoms with E-state index in [4.69, 9.17) is 0 Å². The molecule has 0 aromatic heterocycles. The first-order chi connectivity index (χ1) is 7.09. The van der Waals surface area contributed by atoms with Crippen LogP contribution in [0.1, 0.15) is 54.4 Å².